The highest BCUT2D eigenvalue weighted by Gasteiger charge is 2.22. The molecule has 1 fully saturated rings. The van der Waals surface area contributed by atoms with E-state index in [2.05, 4.69) is 38.0 Å². The van der Waals surface area contributed by atoms with Gasteiger partial charge in [0, 0.05) is 17.5 Å². The topological polar surface area (TPSA) is 37.8 Å². The third-order valence-corrected chi connectivity index (χ3v) is 4.82. The summed E-state index contributed by atoms with van der Waals surface area (Å²) in [6.45, 7) is 11.7. The first-order chi connectivity index (χ1) is 9.77. The minimum Gasteiger partial charge on any atom is -0.369 e. The number of nitrogens with one attached hydrogen (secondary N) is 1. The van der Waals surface area contributed by atoms with Gasteiger partial charge in [-0.25, -0.2) is 9.97 Å². The van der Waals surface area contributed by atoms with E-state index in [1.54, 1.807) is 0 Å². The van der Waals surface area contributed by atoms with Crippen LogP contribution in [0.1, 0.15) is 64.8 Å². The molecular formula is C17H28ClN3. The monoisotopic (exact) mass is 309 g/mol. The van der Waals surface area contributed by atoms with Gasteiger partial charge in [-0.2, -0.15) is 0 Å². The molecule has 0 aromatic carbocycles. The van der Waals surface area contributed by atoms with Gasteiger partial charge in [0.1, 0.15) is 16.8 Å². The molecule has 1 heterocycles. The summed E-state index contributed by atoms with van der Waals surface area (Å²) in [4.78, 5) is 9.12. The zero-order valence-electron chi connectivity index (χ0n) is 14.0. The predicted octanol–water partition coefficient (Wildman–Crippen LogP) is 4.97. The lowest BCUT2D eigenvalue weighted by Crippen LogP contribution is -2.22. The standard InChI is InChI=1S/C17H28ClN3/c1-11-6-8-13(9-7-11)10-19-15-12(2)14(18)20-16(21-15)17(3,4)5/h11,13H,6-10H2,1-5H3,(H,19,20,21). The fraction of sp³-hybridized carbons (Fsp3) is 0.765. The maximum absolute atomic E-state index is 6.27. The smallest absolute Gasteiger partial charge is 0.137 e. The van der Waals surface area contributed by atoms with Gasteiger partial charge in [0.2, 0.25) is 0 Å². The third-order valence-electron chi connectivity index (χ3n) is 4.45. The van der Waals surface area contributed by atoms with E-state index < -0.39 is 0 Å². The maximum Gasteiger partial charge on any atom is 0.137 e. The first kappa shape index (κ1) is 16.5. The van der Waals surface area contributed by atoms with Crippen LogP contribution in [-0.4, -0.2) is 16.5 Å². The number of hydrogen-bond acceptors (Lipinski definition) is 3. The van der Waals surface area contributed by atoms with E-state index in [-0.39, 0.29) is 5.41 Å². The summed E-state index contributed by atoms with van der Waals surface area (Å²) >= 11 is 6.27. The zero-order valence-corrected chi connectivity index (χ0v) is 14.7. The Morgan fingerprint density at radius 1 is 1.14 bits per heavy atom. The first-order valence-corrected chi connectivity index (χ1v) is 8.43. The van der Waals surface area contributed by atoms with Crippen LogP contribution in [0.3, 0.4) is 0 Å². The molecule has 118 valence electrons. The Bertz CT molecular complexity index is 486. The van der Waals surface area contributed by atoms with Crippen molar-refractivity contribution in [1.82, 2.24) is 9.97 Å². The molecule has 1 N–H and O–H groups in total. The molecule has 0 unspecified atom stereocenters. The van der Waals surface area contributed by atoms with E-state index in [0.29, 0.717) is 5.15 Å². The molecule has 2 rings (SSSR count). The minimum atomic E-state index is -0.0892. The second kappa shape index (κ2) is 6.51. The summed E-state index contributed by atoms with van der Waals surface area (Å²) in [6.07, 6.45) is 5.34. The summed E-state index contributed by atoms with van der Waals surface area (Å²) in [5, 5.41) is 4.08. The quantitative estimate of drug-likeness (QED) is 0.801. The number of nitrogens with zero attached hydrogens (tertiary/aromatic N) is 2. The fourth-order valence-corrected chi connectivity index (χ4v) is 2.94. The summed E-state index contributed by atoms with van der Waals surface area (Å²) in [7, 11) is 0. The third kappa shape index (κ3) is 4.32. The van der Waals surface area contributed by atoms with E-state index in [0.717, 1.165) is 35.6 Å². The molecule has 3 nitrogen and oxygen atoms in total. The van der Waals surface area contributed by atoms with Crippen molar-refractivity contribution >= 4 is 17.4 Å². The predicted molar refractivity (Wildman–Crippen MR) is 90.1 cm³/mol. The second-order valence-corrected chi connectivity index (χ2v) is 7.93. The van der Waals surface area contributed by atoms with Crippen molar-refractivity contribution in [3.8, 4) is 0 Å². The lowest BCUT2D eigenvalue weighted by Gasteiger charge is -2.27. The molecule has 0 radical (unpaired) electrons. The van der Waals surface area contributed by atoms with E-state index in [4.69, 9.17) is 16.6 Å². The number of rotatable bonds is 3. The van der Waals surface area contributed by atoms with Crippen LogP contribution in [0.2, 0.25) is 5.15 Å². The number of hydrogen-bond donors (Lipinski definition) is 1. The van der Waals surface area contributed by atoms with Gasteiger partial charge in [0.15, 0.2) is 0 Å². The molecule has 1 aliphatic carbocycles. The zero-order chi connectivity index (χ0) is 15.6. The normalized spacial score (nSPS) is 23.1. The lowest BCUT2D eigenvalue weighted by atomic mass is 9.83. The average Bonchev–Trinajstić information content (AvgIpc) is 2.41. The van der Waals surface area contributed by atoms with Gasteiger partial charge in [0.25, 0.3) is 0 Å². The van der Waals surface area contributed by atoms with Gasteiger partial charge in [-0.15, -0.1) is 0 Å². The highest BCUT2D eigenvalue weighted by atomic mass is 35.5. The van der Waals surface area contributed by atoms with Crippen LogP contribution < -0.4 is 5.32 Å². The van der Waals surface area contributed by atoms with Gasteiger partial charge < -0.3 is 5.32 Å². The maximum atomic E-state index is 6.27. The van der Waals surface area contributed by atoms with Crippen LogP contribution in [-0.2, 0) is 5.41 Å². The molecule has 0 atom stereocenters. The summed E-state index contributed by atoms with van der Waals surface area (Å²) in [5.41, 5.74) is 0.863. The van der Waals surface area contributed by atoms with Crippen molar-refractivity contribution in [3.63, 3.8) is 0 Å². The number of aromatic nitrogens is 2. The van der Waals surface area contributed by atoms with E-state index >= 15 is 0 Å². The molecule has 0 saturated heterocycles. The summed E-state index contributed by atoms with van der Waals surface area (Å²) in [5.74, 6) is 3.35. The molecule has 21 heavy (non-hydrogen) atoms. The lowest BCUT2D eigenvalue weighted by molar-refractivity contribution is 0.300. The number of anilines is 1. The van der Waals surface area contributed by atoms with Gasteiger partial charge in [-0.3, -0.25) is 0 Å². The van der Waals surface area contributed by atoms with Crippen LogP contribution in [0, 0.1) is 18.8 Å². The van der Waals surface area contributed by atoms with Crippen LogP contribution in [0.5, 0.6) is 0 Å². The van der Waals surface area contributed by atoms with Crippen molar-refractivity contribution in [3.05, 3.63) is 16.5 Å². The number of halogens is 1. The Balaban J connectivity index is 2.07. The summed E-state index contributed by atoms with van der Waals surface area (Å²) in [6, 6.07) is 0. The highest BCUT2D eigenvalue weighted by Crippen LogP contribution is 2.30. The van der Waals surface area contributed by atoms with Crippen molar-refractivity contribution in [2.24, 2.45) is 11.8 Å². The van der Waals surface area contributed by atoms with E-state index in [1.165, 1.54) is 25.7 Å². The molecule has 0 amide bonds. The molecular weight excluding hydrogens is 282 g/mol. The molecule has 0 bridgehead atoms. The van der Waals surface area contributed by atoms with Crippen molar-refractivity contribution < 1.29 is 0 Å². The van der Waals surface area contributed by atoms with E-state index in [1.807, 2.05) is 6.92 Å². The molecule has 1 aromatic heterocycles. The van der Waals surface area contributed by atoms with Gasteiger partial charge in [-0.05, 0) is 31.6 Å². The summed E-state index contributed by atoms with van der Waals surface area (Å²) < 4.78 is 0. The molecule has 0 aliphatic heterocycles. The fourth-order valence-electron chi connectivity index (χ4n) is 2.77. The van der Waals surface area contributed by atoms with Crippen LogP contribution in [0.25, 0.3) is 0 Å². The Kier molecular flexibility index (Phi) is 5.13. The Morgan fingerprint density at radius 3 is 2.33 bits per heavy atom. The van der Waals surface area contributed by atoms with Crippen LogP contribution in [0.4, 0.5) is 5.82 Å². The Hall–Kier alpha value is -0.830. The van der Waals surface area contributed by atoms with E-state index in [9.17, 15) is 0 Å². The average molecular weight is 310 g/mol. The molecule has 4 heteroatoms. The molecule has 1 saturated carbocycles. The van der Waals surface area contributed by atoms with Gasteiger partial charge in [-0.1, -0.05) is 52.1 Å². The highest BCUT2D eigenvalue weighted by molar-refractivity contribution is 6.30. The molecule has 0 spiro atoms. The largest absolute Gasteiger partial charge is 0.369 e. The van der Waals surface area contributed by atoms with Gasteiger partial charge >= 0.3 is 0 Å². The SMILES string of the molecule is Cc1c(Cl)nc(C(C)(C)C)nc1NCC1CCC(C)CC1. The minimum absolute atomic E-state index is 0.0892. The first-order valence-electron chi connectivity index (χ1n) is 8.06. The van der Waals surface area contributed by atoms with Crippen molar-refractivity contribution in [2.45, 2.75) is 65.7 Å². The van der Waals surface area contributed by atoms with Crippen molar-refractivity contribution in [2.75, 3.05) is 11.9 Å². The van der Waals surface area contributed by atoms with Crippen LogP contribution in [0.15, 0.2) is 0 Å². The van der Waals surface area contributed by atoms with Crippen LogP contribution >= 0.6 is 11.6 Å². The van der Waals surface area contributed by atoms with Crippen molar-refractivity contribution in [1.29, 1.82) is 0 Å². The second-order valence-electron chi connectivity index (χ2n) is 7.57. The molecule has 1 aromatic rings. The van der Waals surface area contributed by atoms with Gasteiger partial charge in [0.05, 0.1) is 0 Å². The molecule has 1 aliphatic rings. The Morgan fingerprint density at radius 2 is 1.76 bits per heavy atom. The Labute approximate surface area is 133 Å².